The lowest BCUT2D eigenvalue weighted by molar-refractivity contribution is -0.128. The van der Waals surface area contributed by atoms with Gasteiger partial charge in [0.05, 0.1) is 0 Å². The van der Waals surface area contributed by atoms with E-state index in [1.54, 1.807) is 0 Å². The van der Waals surface area contributed by atoms with Crippen molar-refractivity contribution in [1.29, 1.82) is 0 Å². The van der Waals surface area contributed by atoms with Gasteiger partial charge in [-0.05, 0) is 18.9 Å². The summed E-state index contributed by atoms with van der Waals surface area (Å²) in [5.41, 5.74) is 1.21. The minimum Gasteiger partial charge on any atom is -0.465 e. The van der Waals surface area contributed by atoms with Crippen LogP contribution in [0.4, 0.5) is 4.79 Å². The van der Waals surface area contributed by atoms with Gasteiger partial charge in [0.2, 0.25) is 5.91 Å². The van der Waals surface area contributed by atoms with Crippen LogP contribution < -0.4 is 0 Å². The zero-order valence-corrected chi connectivity index (χ0v) is 14.1. The molecule has 0 unspecified atom stereocenters. The van der Waals surface area contributed by atoms with Gasteiger partial charge in [-0.1, -0.05) is 30.3 Å². The second-order valence-corrected chi connectivity index (χ2v) is 6.80. The molecule has 0 aliphatic carbocycles. The Bertz CT molecular complexity index is 590. The molecule has 2 fully saturated rings. The topological polar surface area (TPSA) is 64.1 Å². The molecular weight excluding hydrogens is 306 g/mol. The van der Waals surface area contributed by atoms with E-state index in [0.717, 1.165) is 19.5 Å². The summed E-state index contributed by atoms with van der Waals surface area (Å²) in [5.74, 6) is 0.190. The van der Waals surface area contributed by atoms with Gasteiger partial charge in [0.1, 0.15) is 0 Å². The maximum Gasteiger partial charge on any atom is 0.407 e. The Morgan fingerprint density at radius 1 is 1.25 bits per heavy atom. The van der Waals surface area contributed by atoms with Crippen molar-refractivity contribution in [3.8, 4) is 0 Å². The molecule has 1 aromatic rings. The van der Waals surface area contributed by atoms with E-state index < -0.39 is 6.09 Å². The molecule has 2 amide bonds. The first kappa shape index (κ1) is 16.8. The summed E-state index contributed by atoms with van der Waals surface area (Å²) in [5, 5.41) is 9.44. The Balaban J connectivity index is 1.75. The average molecular weight is 331 g/mol. The molecule has 2 atom stereocenters. The van der Waals surface area contributed by atoms with Gasteiger partial charge in [-0.15, -0.1) is 0 Å². The lowest BCUT2D eigenvalue weighted by Gasteiger charge is -2.45. The first-order chi connectivity index (χ1) is 11.5. The lowest BCUT2D eigenvalue weighted by atomic mass is 10.1. The molecule has 6 nitrogen and oxygen atoms in total. The van der Waals surface area contributed by atoms with Crippen molar-refractivity contribution < 1.29 is 14.7 Å². The Labute approximate surface area is 142 Å². The molecule has 0 bridgehead atoms. The fourth-order valence-electron chi connectivity index (χ4n) is 3.71. The molecule has 0 saturated carbocycles. The van der Waals surface area contributed by atoms with Crippen LogP contribution in [0.3, 0.4) is 0 Å². The summed E-state index contributed by atoms with van der Waals surface area (Å²) in [6.07, 6.45) is 0.646. The normalized spacial score (nSPS) is 25.3. The molecule has 0 spiro atoms. The highest BCUT2D eigenvalue weighted by atomic mass is 16.4. The highest BCUT2D eigenvalue weighted by Gasteiger charge is 2.36. The van der Waals surface area contributed by atoms with Gasteiger partial charge in [0, 0.05) is 51.2 Å². The maximum absolute atomic E-state index is 12.0. The minimum atomic E-state index is -0.875. The van der Waals surface area contributed by atoms with Crippen LogP contribution >= 0.6 is 0 Å². The van der Waals surface area contributed by atoms with E-state index >= 15 is 0 Å². The second kappa shape index (κ2) is 7.21. The average Bonchev–Trinajstić information content (AvgIpc) is 2.95. The highest BCUT2D eigenvalue weighted by molar-refractivity contribution is 5.78. The van der Waals surface area contributed by atoms with Crippen molar-refractivity contribution in [2.24, 2.45) is 0 Å². The Morgan fingerprint density at radius 2 is 2.00 bits per heavy atom. The first-order valence-corrected chi connectivity index (χ1v) is 8.60. The smallest absolute Gasteiger partial charge is 0.407 e. The molecule has 6 heteroatoms. The largest absolute Gasteiger partial charge is 0.465 e. The highest BCUT2D eigenvalue weighted by Crippen LogP contribution is 2.21. The molecule has 2 heterocycles. The van der Waals surface area contributed by atoms with Gasteiger partial charge in [-0.2, -0.15) is 0 Å². The van der Waals surface area contributed by atoms with Crippen molar-refractivity contribution in [1.82, 2.24) is 14.7 Å². The second-order valence-electron chi connectivity index (χ2n) is 6.80. The van der Waals surface area contributed by atoms with Crippen molar-refractivity contribution >= 4 is 12.0 Å². The standard InChI is InChI=1S/C18H25N3O3/c1-14-10-20(11-15-6-3-2-4-7-15)16(13-21(14)18(23)24)12-19-9-5-8-17(19)22/h2-4,6-7,14,16H,5,8-13H2,1H3,(H,23,24)/t14-,16+/m1/s1. The molecule has 2 aliphatic heterocycles. The summed E-state index contributed by atoms with van der Waals surface area (Å²) >= 11 is 0. The van der Waals surface area contributed by atoms with Gasteiger partial charge >= 0.3 is 6.09 Å². The third kappa shape index (κ3) is 3.70. The summed E-state index contributed by atoms with van der Waals surface area (Å²) < 4.78 is 0. The molecule has 1 aromatic carbocycles. The van der Waals surface area contributed by atoms with Crippen LogP contribution in [-0.2, 0) is 11.3 Å². The van der Waals surface area contributed by atoms with E-state index in [2.05, 4.69) is 17.0 Å². The maximum atomic E-state index is 12.0. The molecule has 3 rings (SSSR count). The van der Waals surface area contributed by atoms with Crippen LogP contribution in [-0.4, -0.2) is 70.1 Å². The Kier molecular flexibility index (Phi) is 5.04. The van der Waals surface area contributed by atoms with E-state index in [1.165, 1.54) is 10.5 Å². The van der Waals surface area contributed by atoms with Gasteiger partial charge in [0.15, 0.2) is 0 Å². The van der Waals surface area contributed by atoms with Gasteiger partial charge < -0.3 is 14.9 Å². The van der Waals surface area contributed by atoms with Crippen molar-refractivity contribution in [2.75, 3.05) is 26.2 Å². The zero-order chi connectivity index (χ0) is 17.1. The summed E-state index contributed by atoms with van der Waals surface area (Å²) in [4.78, 5) is 29.2. The molecule has 0 radical (unpaired) electrons. The SMILES string of the molecule is C[C@@H]1CN(Cc2ccccc2)[C@@H](CN2CCCC2=O)CN1C(=O)O. The number of carbonyl (C=O) groups excluding carboxylic acids is 1. The number of piperazine rings is 1. The van der Waals surface area contributed by atoms with E-state index in [-0.39, 0.29) is 18.0 Å². The predicted octanol–water partition coefficient (Wildman–Crippen LogP) is 1.86. The monoisotopic (exact) mass is 331 g/mol. The van der Waals surface area contributed by atoms with Gasteiger partial charge in [-0.25, -0.2) is 4.79 Å². The number of nitrogens with zero attached hydrogens (tertiary/aromatic N) is 3. The number of hydrogen-bond donors (Lipinski definition) is 1. The van der Waals surface area contributed by atoms with Gasteiger partial charge in [-0.3, -0.25) is 9.69 Å². The molecule has 0 aromatic heterocycles. The van der Waals surface area contributed by atoms with Crippen LogP contribution in [0.2, 0.25) is 0 Å². The van der Waals surface area contributed by atoms with Crippen molar-refractivity contribution in [3.63, 3.8) is 0 Å². The van der Waals surface area contributed by atoms with Crippen LogP contribution in [0.5, 0.6) is 0 Å². The molecule has 1 N–H and O–H groups in total. The molecule has 24 heavy (non-hydrogen) atoms. The number of likely N-dealkylation sites (tertiary alicyclic amines) is 1. The number of amides is 2. The molecule has 2 aliphatic rings. The third-order valence-corrected chi connectivity index (χ3v) is 5.03. The lowest BCUT2D eigenvalue weighted by Crippen LogP contribution is -2.61. The number of benzene rings is 1. The zero-order valence-electron chi connectivity index (χ0n) is 14.1. The number of hydrogen-bond acceptors (Lipinski definition) is 3. The molecule has 130 valence electrons. The van der Waals surface area contributed by atoms with Crippen molar-refractivity contribution in [2.45, 2.75) is 38.4 Å². The minimum absolute atomic E-state index is 0.0413. The number of rotatable bonds is 4. The predicted molar refractivity (Wildman–Crippen MR) is 90.6 cm³/mol. The van der Waals surface area contributed by atoms with E-state index in [1.807, 2.05) is 30.0 Å². The molecule has 2 saturated heterocycles. The first-order valence-electron chi connectivity index (χ1n) is 8.60. The third-order valence-electron chi connectivity index (χ3n) is 5.03. The van der Waals surface area contributed by atoms with E-state index in [4.69, 9.17) is 0 Å². The van der Waals surface area contributed by atoms with Crippen LogP contribution in [0.25, 0.3) is 0 Å². The Hall–Kier alpha value is -2.08. The van der Waals surface area contributed by atoms with Crippen molar-refractivity contribution in [3.05, 3.63) is 35.9 Å². The van der Waals surface area contributed by atoms with E-state index in [9.17, 15) is 14.7 Å². The summed E-state index contributed by atoms with van der Waals surface area (Å²) in [7, 11) is 0. The molecular formula is C18H25N3O3. The fourth-order valence-corrected chi connectivity index (χ4v) is 3.71. The number of carbonyl (C=O) groups is 2. The summed E-state index contributed by atoms with van der Waals surface area (Å²) in [6, 6.07) is 10.2. The van der Waals surface area contributed by atoms with Crippen LogP contribution in [0.1, 0.15) is 25.3 Å². The number of carboxylic acid groups (broad SMARTS) is 1. The quantitative estimate of drug-likeness (QED) is 0.915. The van der Waals surface area contributed by atoms with Crippen LogP contribution in [0, 0.1) is 0 Å². The van der Waals surface area contributed by atoms with Crippen LogP contribution in [0.15, 0.2) is 30.3 Å². The van der Waals surface area contributed by atoms with Gasteiger partial charge in [0.25, 0.3) is 0 Å². The van der Waals surface area contributed by atoms with E-state index in [0.29, 0.717) is 26.1 Å². The summed E-state index contributed by atoms with van der Waals surface area (Å²) in [6.45, 7) is 5.27. The fraction of sp³-hybridized carbons (Fsp3) is 0.556. The Morgan fingerprint density at radius 3 is 2.62 bits per heavy atom.